The average molecular weight is 548 g/mol. The first-order valence-corrected chi connectivity index (χ1v) is 10.2. The Morgan fingerprint density at radius 2 is 1.75 bits per heavy atom. The quantitative estimate of drug-likeness (QED) is 0.241. The van der Waals surface area contributed by atoms with Gasteiger partial charge in [0, 0.05) is 32.9 Å². The van der Waals surface area contributed by atoms with E-state index in [4.69, 9.17) is 9.15 Å². The molecule has 32 heavy (non-hydrogen) atoms. The van der Waals surface area contributed by atoms with Crippen LogP contribution in [0.3, 0.4) is 0 Å². The fourth-order valence-electron chi connectivity index (χ4n) is 3.08. The van der Waals surface area contributed by atoms with E-state index in [1.54, 1.807) is 19.2 Å². The van der Waals surface area contributed by atoms with Crippen LogP contribution in [0.5, 0.6) is 5.75 Å². The minimum atomic E-state index is -0.271. The molecule has 7 nitrogen and oxygen atoms in total. The molecule has 0 unspecified atom stereocenters. The van der Waals surface area contributed by atoms with E-state index in [0.717, 1.165) is 23.8 Å². The van der Waals surface area contributed by atoms with Crippen molar-refractivity contribution >= 4 is 41.5 Å². The van der Waals surface area contributed by atoms with Gasteiger partial charge >= 0.3 is 0 Å². The minimum absolute atomic E-state index is 0. The van der Waals surface area contributed by atoms with Crippen LogP contribution in [0.4, 0.5) is 5.69 Å². The summed E-state index contributed by atoms with van der Waals surface area (Å²) < 4.78 is 10.6. The minimum Gasteiger partial charge on any atom is -0.494 e. The molecule has 1 amide bonds. The SMILES string of the molecule is CCOc1ccc(CN(C)C(=NC)NCc2ccc(NC(=O)c3ccco3)cc2)cc1.I. The largest absolute Gasteiger partial charge is 0.494 e. The Morgan fingerprint density at radius 1 is 1.06 bits per heavy atom. The van der Waals surface area contributed by atoms with Crippen molar-refractivity contribution in [3.63, 3.8) is 0 Å². The first kappa shape index (κ1) is 25.3. The molecule has 1 aromatic heterocycles. The first-order chi connectivity index (χ1) is 15.1. The second-order valence-corrected chi connectivity index (χ2v) is 6.96. The number of hydrogen-bond donors (Lipinski definition) is 2. The van der Waals surface area contributed by atoms with Crippen molar-refractivity contribution in [3.05, 3.63) is 83.8 Å². The summed E-state index contributed by atoms with van der Waals surface area (Å²) >= 11 is 0. The zero-order valence-corrected chi connectivity index (χ0v) is 20.8. The van der Waals surface area contributed by atoms with E-state index in [0.29, 0.717) is 18.8 Å². The molecule has 0 atom stereocenters. The van der Waals surface area contributed by atoms with Crippen LogP contribution in [0.15, 0.2) is 76.3 Å². The summed E-state index contributed by atoms with van der Waals surface area (Å²) in [4.78, 5) is 18.5. The molecule has 170 valence electrons. The van der Waals surface area contributed by atoms with Gasteiger partial charge < -0.3 is 24.7 Å². The third-order valence-corrected chi connectivity index (χ3v) is 4.63. The van der Waals surface area contributed by atoms with Gasteiger partial charge in [0.25, 0.3) is 5.91 Å². The maximum Gasteiger partial charge on any atom is 0.291 e. The number of benzene rings is 2. The van der Waals surface area contributed by atoms with Crippen molar-refractivity contribution in [1.29, 1.82) is 0 Å². The summed E-state index contributed by atoms with van der Waals surface area (Å²) in [5.41, 5.74) is 2.96. The van der Waals surface area contributed by atoms with Crippen LogP contribution in [0.1, 0.15) is 28.6 Å². The Hall–Kier alpha value is -3.01. The third-order valence-electron chi connectivity index (χ3n) is 4.63. The van der Waals surface area contributed by atoms with E-state index >= 15 is 0 Å². The third kappa shape index (κ3) is 7.30. The summed E-state index contributed by atoms with van der Waals surface area (Å²) in [7, 11) is 3.77. The number of nitrogens with one attached hydrogen (secondary N) is 2. The van der Waals surface area contributed by atoms with Gasteiger partial charge in [0.05, 0.1) is 12.9 Å². The number of guanidine groups is 1. The summed E-state index contributed by atoms with van der Waals surface area (Å²) in [6, 6.07) is 19.1. The number of halogens is 1. The topological polar surface area (TPSA) is 79.1 Å². The van der Waals surface area contributed by atoms with Gasteiger partial charge in [-0.05, 0) is 54.4 Å². The van der Waals surface area contributed by atoms with E-state index in [1.807, 2.05) is 50.4 Å². The number of anilines is 1. The Morgan fingerprint density at radius 3 is 2.34 bits per heavy atom. The van der Waals surface area contributed by atoms with Crippen LogP contribution in [-0.4, -0.2) is 37.5 Å². The van der Waals surface area contributed by atoms with Crippen LogP contribution in [0.2, 0.25) is 0 Å². The van der Waals surface area contributed by atoms with Crippen molar-refractivity contribution in [2.24, 2.45) is 4.99 Å². The molecule has 3 rings (SSSR count). The molecule has 3 aromatic rings. The molecule has 0 radical (unpaired) electrons. The fraction of sp³-hybridized carbons (Fsp3) is 0.250. The molecule has 0 spiro atoms. The smallest absolute Gasteiger partial charge is 0.291 e. The van der Waals surface area contributed by atoms with Gasteiger partial charge in [-0.3, -0.25) is 9.79 Å². The summed E-state index contributed by atoms with van der Waals surface area (Å²) in [6.45, 7) is 3.98. The number of amides is 1. The van der Waals surface area contributed by atoms with E-state index < -0.39 is 0 Å². The molecule has 0 aliphatic carbocycles. The first-order valence-electron chi connectivity index (χ1n) is 10.2. The number of furan rings is 1. The lowest BCUT2D eigenvalue weighted by molar-refractivity contribution is 0.0996. The number of nitrogens with zero attached hydrogens (tertiary/aromatic N) is 2. The van der Waals surface area contributed by atoms with Gasteiger partial charge in [0.2, 0.25) is 0 Å². The highest BCUT2D eigenvalue weighted by Crippen LogP contribution is 2.14. The summed E-state index contributed by atoms with van der Waals surface area (Å²) in [6.07, 6.45) is 1.48. The normalized spacial score (nSPS) is 10.8. The molecule has 1 heterocycles. The van der Waals surface area contributed by atoms with Gasteiger partial charge in [0.15, 0.2) is 11.7 Å². The highest BCUT2D eigenvalue weighted by atomic mass is 127. The molecule has 2 aromatic carbocycles. The Bertz CT molecular complexity index is 987. The Kier molecular flexibility index (Phi) is 10.1. The van der Waals surface area contributed by atoms with Crippen LogP contribution >= 0.6 is 24.0 Å². The van der Waals surface area contributed by atoms with Crippen LogP contribution in [-0.2, 0) is 13.1 Å². The number of carbonyl (C=O) groups is 1. The van der Waals surface area contributed by atoms with Crippen molar-refractivity contribution in [2.45, 2.75) is 20.0 Å². The molecular weight excluding hydrogens is 519 g/mol. The molecule has 0 aliphatic heterocycles. The van der Waals surface area contributed by atoms with Gasteiger partial charge in [-0.1, -0.05) is 24.3 Å². The predicted octanol–water partition coefficient (Wildman–Crippen LogP) is 4.76. The standard InChI is InChI=1S/C24H28N4O3.HI/c1-4-30-21-13-9-19(10-14-21)17-28(3)24(25-2)26-16-18-7-11-20(12-8-18)27-23(29)22-6-5-15-31-22;/h5-15H,4,16-17H2,1-3H3,(H,25,26)(H,27,29);1H. The number of aliphatic imine (C=N–C) groups is 1. The number of carbonyl (C=O) groups excluding carboxylic acids is 1. The lowest BCUT2D eigenvalue weighted by atomic mass is 10.2. The molecule has 0 fully saturated rings. The number of rotatable bonds is 8. The van der Waals surface area contributed by atoms with E-state index in [9.17, 15) is 4.79 Å². The Labute approximate surface area is 205 Å². The molecule has 0 aliphatic rings. The highest BCUT2D eigenvalue weighted by Gasteiger charge is 2.09. The maximum atomic E-state index is 12.0. The van der Waals surface area contributed by atoms with E-state index in [2.05, 4.69) is 32.7 Å². The van der Waals surface area contributed by atoms with Crippen LogP contribution < -0.4 is 15.4 Å². The van der Waals surface area contributed by atoms with Crippen LogP contribution in [0.25, 0.3) is 0 Å². The lowest BCUT2D eigenvalue weighted by Crippen LogP contribution is -2.38. The predicted molar refractivity (Wildman–Crippen MR) is 138 cm³/mol. The Balaban J connectivity index is 0.00000363. The molecule has 0 saturated heterocycles. The molecular formula is C24H29IN4O3. The van der Waals surface area contributed by atoms with Gasteiger partial charge in [-0.25, -0.2) is 0 Å². The summed E-state index contributed by atoms with van der Waals surface area (Å²) in [5.74, 6) is 1.68. The zero-order chi connectivity index (χ0) is 22.1. The van der Waals surface area contributed by atoms with E-state index in [-0.39, 0.29) is 35.6 Å². The molecule has 2 N–H and O–H groups in total. The van der Waals surface area contributed by atoms with Crippen molar-refractivity contribution in [1.82, 2.24) is 10.2 Å². The summed E-state index contributed by atoms with van der Waals surface area (Å²) in [5, 5.41) is 6.18. The van der Waals surface area contributed by atoms with Crippen LogP contribution in [0, 0.1) is 0 Å². The van der Waals surface area contributed by atoms with Crippen molar-refractivity contribution in [2.75, 3.05) is 26.0 Å². The van der Waals surface area contributed by atoms with Gasteiger partial charge in [-0.2, -0.15) is 0 Å². The zero-order valence-electron chi connectivity index (χ0n) is 18.5. The van der Waals surface area contributed by atoms with Crippen molar-refractivity contribution < 1.29 is 13.9 Å². The van der Waals surface area contributed by atoms with Gasteiger partial charge in [-0.15, -0.1) is 24.0 Å². The second kappa shape index (κ2) is 12.7. The number of hydrogen-bond acceptors (Lipinski definition) is 4. The highest BCUT2D eigenvalue weighted by molar-refractivity contribution is 14.0. The van der Waals surface area contributed by atoms with Gasteiger partial charge in [0.1, 0.15) is 5.75 Å². The second-order valence-electron chi connectivity index (χ2n) is 6.96. The number of ether oxygens (including phenoxy) is 1. The maximum absolute atomic E-state index is 12.0. The van der Waals surface area contributed by atoms with E-state index in [1.165, 1.54) is 11.8 Å². The monoisotopic (exact) mass is 548 g/mol. The molecule has 0 saturated carbocycles. The molecule has 0 bridgehead atoms. The lowest BCUT2D eigenvalue weighted by Gasteiger charge is -2.22. The van der Waals surface area contributed by atoms with Crippen molar-refractivity contribution in [3.8, 4) is 5.75 Å². The average Bonchev–Trinajstić information content (AvgIpc) is 3.32. The molecule has 8 heteroatoms. The fourth-order valence-corrected chi connectivity index (χ4v) is 3.08.